The first-order chi connectivity index (χ1) is 14.8. The molecule has 3 rings (SSSR count). The largest absolute Gasteiger partial charge is 0.454 e. The fourth-order valence-corrected chi connectivity index (χ4v) is 2.95. The van der Waals surface area contributed by atoms with Gasteiger partial charge < -0.3 is 4.74 Å². The van der Waals surface area contributed by atoms with Crippen LogP contribution >= 0.6 is 0 Å². The van der Waals surface area contributed by atoms with Gasteiger partial charge in [-0.25, -0.2) is 0 Å². The van der Waals surface area contributed by atoms with Gasteiger partial charge in [-0.2, -0.15) is 0 Å². The van der Waals surface area contributed by atoms with E-state index in [1.165, 1.54) is 12.1 Å². The highest BCUT2D eigenvalue weighted by molar-refractivity contribution is 6.24. The highest BCUT2D eigenvalue weighted by atomic mass is 16.6. The molecule has 0 atom stereocenters. The lowest BCUT2D eigenvalue weighted by atomic mass is 10.1. The Kier molecular flexibility index (Phi) is 6.15. The molecular weight excluding hydrogens is 410 g/mol. The van der Waals surface area contributed by atoms with Crippen LogP contribution in [-0.2, 0) is 25.5 Å². The Morgan fingerprint density at radius 3 is 2.35 bits per heavy atom. The maximum absolute atomic E-state index is 12.4. The fraction of sp³-hybridized carbons (Fsp3) is 0.150. The molecule has 0 saturated heterocycles. The van der Waals surface area contributed by atoms with Gasteiger partial charge in [-0.15, -0.1) is 0 Å². The predicted molar refractivity (Wildman–Crippen MR) is 103 cm³/mol. The Bertz CT molecular complexity index is 1100. The van der Waals surface area contributed by atoms with Crippen molar-refractivity contribution in [3.05, 3.63) is 75.3 Å². The zero-order valence-corrected chi connectivity index (χ0v) is 15.9. The summed E-state index contributed by atoms with van der Waals surface area (Å²) in [6, 6.07) is 12.2. The second-order valence-corrected chi connectivity index (χ2v) is 6.45. The van der Waals surface area contributed by atoms with Crippen LogP contribution < -0.4 is 5.32 Å². The van der Waals surface area contributed by atoms with Gasteiger partial charge in [-0.3, -0.25) is 44.3 Å². The number of benzene rings is 2. The summed E-state index contributed by atoms with van der Waals surface area (Å²) in [5.74, 6) is -4.47. The number of nitrogens with one attached hydrogen (secondary N) is 1. The van der Waals surface area contributed by atoms with Gasteiger partial charge in [0, 0.05) is 6.07 Å². The molecule has 11 nitrogen and oxygen atoms in total. The molecule has 0 unspecified atom stereocenters. The topological polar surface area (TPSA) is 153 Å². The second kappa shape index (κ2) is 8.95. The van der Waals surface area contributed by atoms with Crippen molar-refractivity contribution in [2.24, 2.45) is 0 Å². The average Bonchev–Trinajstić information content (AvgIpc) is 2.97. The Morgan fingerprint density at radius 2 is 1.68 bits per heavy atom. The van der Waals surface area contributed by atoms with E-state index in [4.69, 9.17) is 4.74 Å². The van der Waals surface area contributed by atoms with Gasteiger partial charge in [-0.05, 0) is 11.6 Å². The quantitative estimate of drug-likeness (QED) is 0.293. The SMILES string of the molecule is O=C(COC(=O)CN1C(=O)c2cccc([N+](=O)[O-])c2C1=O)NC(=O)Cc1ccccc1. The van der Waals surface area contributed by atoms with Crippen LogP contribution in [-0.4, -0.2) is 52.6 Å². The number of nitrogens with zero attached hydrogens (tertiary/aromatic N) is 2. The van der Waals surface area contributed by atoms with Crippen LogP contribution in [0, 0.1) is 10.1 Å². The van der Waals surface area contributed by atoms with Gasteiger partial charge >= 0.3 is 5.97 Å². The van der Waals surface area contributed by atoms with Crippen molar-refractivity contribution < 1.29 is 33.6 Å². The lowest BCUT2D eigenvalue weighted by molar-refractivity contribution is -0.385. The van der Waals surface area contributed by atoms with Crippen LogP contribution in [0.5, 0.6) is 0 Å². The van der Waals surface area contributed by atoms with Gasteiger partial charge in [-0.1, -0.05) is 36.4 Å². The van der Waals surface area contributed by atoms with E-state index >= 15 is 0 Å². The number of hydrogen-bond acceptors (Lipinski definition) is 8. The van der Waals surface area contributed by atoms with Crippen LogP contribution in [0.15, 0.2) is 48.5 Å². The summed E-state index contributed by atoms with van der Waals surface area (Å²) in [6.45, 7) is -1.64. The first-order valence-corrected chi connectivity index (χ1v) is 8.93. The molecule has 1 aliphatic rings. The number of rotatable bonds is 7. The molecule has 4 amide bonds. The monoisotopic (exact) mass is 425 g/mol. The number of amides is 4. The molecule has 0 saturated carbocycles. The van der Waals surface area contributed by atoms with Crippen LogP contribution in [0.2, 0.25) is 0 Å². The third-order valence-electron chi connectivity index (χ3n) is 4.31. The summed E-state index contributed by atoms with van der Waals surface area (Å²) in [6.07, 6.45) is -0.0473. The van der Waals surface area contributed by atoms with Crippen molar-refractivity contribution in [2.75, 3.05) is 13.2 Å². The molecule has 1 heterocycles. The van der Waals surface area contributed by atoms with Crippen LogP contribution in [0.1, 0.15) is 26.3 Å². The van der Waals surface area contributed by atoms with Gasteiger partial charge in [0.1, 0.15) is 12.1 Å². The van der Waals surface area contributed by atoms with E-state index in [9.17, 15) is 34.1 Å². The normalized spacial score (nSPS) is 12.3. The number of nitro benzene ring substituents is 1. The molecule has 0 fully saturated rings. The van der Waals surface area contributed by atoms with E-state index in [-0.39, 0.29) is 12.0 Å². The third-order valence-corrected chi connectivity index (χ3v) is 4.31. The Morgan fingerprint density at radius 1 is 0.968 bits per heavy atom. The minimum Gasteiger partial charge on any atom is -0.454 e. The van der Waals surface area contributed by atoms with E-state index in [1.54, 1.807) is 30.3 Å². The standard InChI is InChI=1S/C20H15N3O8/c24-15(9-12-5-2-1-3-6-12)21-16(25)11-31-17(26)10-22-19(27)13-7-4-8-14(23(29)30)18(13)20(22)28/h1-8H,9-11H2,(H,21,24,25). The Labute approximate surface area is 174 Å². The minimum absolute atomic E-state index is 0.0473. The van der Waals surface area contributed by atoms with Crippen LogP contribution in [0.3, 0.4) is 0 Å². The smallest absolute Gasteiger partial charge is 0.326 e. The van der Waals surface area contributed by atoms with E-state index < -0.39 is 58.9 Å². The first kappa shape index (κ1) is 21.3. The summed E-state index contributed by atoms with van der Waals surface area (Å²) in [5, 5.41) is 13.1. The van der Waals surface area contributed by atoms with Crippen molar-refractivity contribution in [3.63, 3.8) is 0 Å². The van der Waals surface area contributed by atoms with Crippen molar-refractivity contribution in [3.8, 4) is 0 Å². The number of carbonyl (C=O) groups excluding carboxylic acids is 5. The van der Waals surface area contributed by atoms with E-state index in [0.29, 0.717) is 10.5 Å². The first-order valence-electron chi connectivity index (χ1n) is 8.93. The Balaban J connectivity index is 1.53. The third kappa shape index (κ3) is 4.78. The molecule has 158 valence electrons. The summed E-state index contributed by atoms with van der Waals surface area (Å²) in [4.78, 5) is 71.1. The number of hydrogen-bond donors (Lipinski definition) is 1. The summed E-state index contributed by atoms with van der Waals surface area (Å²) < 4.78 is 4.71. The van der Waals surface area contributed by atoms with Gasteiger partial charge in [0.2, 0.25) is 5.91 Å². The molecule has 1 N–H and O–H groups in total. The lowest BCUT2D eigenvalue weighted by Crippen LogP contribution is -2.38. The van der Waals surface area contributed by atoms with Crippen molar-refractivity contribution in [1.82, 2.24) is 10.2 Å². The predicted octanol–water partition coefficient (Wildman–Crippen LogP) is 0.619. The van der Waals surface area contributed by atoms with Gasteiger partial charge in [0.25, 0.3) is 23.4 Å². The molecule has 0 aromatic heterocycles. The molecule has 0 spiro atoms. The van der Waals surface area contributed by atoms with Crippen molar-refractivity contribution >= 4 is 35.3 Å². The second-order valence-electron chi connectivity index (χ2n) is 6.45. The number of nitro groups is 1. The minimum atomic E-state index is -1.09. The zero-order chi connectivity index (χ0) is 22.5. The number of imide groups is 2. The van der Waals surface area contributed by atoms with E-state index in [0.717, 1.165) is 6.07 Å². The molecule has 0 bridgehead atoms. The van der Waals surface area contributed by atoms with Crippen LogP contribution in [0.4, 0.5) is 5.69 Å². The average molecular weight is 425 g/mol. The molecule has 1 aliphatic heterocycles. The molecular formula is C20H15N3O8. The molecule has 2 aromatic rings. The number of ether oxygens (including phenoxy) is 1. The molecule has 31 heavy (non-hydrogen) atoms. The molecule has 2 aromatic carbocycles. The highest BCUT2D eigenvalue weighted by Crippen LogP contribution is 2.30. The highest BCUT2D eigenvalue weighted by Gasteiger charge is 2.41. The Hall–Kier alpha value is -4.41. The van der Waals surface area contributed by atoms with E-state index in [1.807, 2.05) is 0 Å². The molecule has 11 heteroatoms. The zero-order valence-electron chi connectivity index (χ0n) is 15.9. The fourth-order valence-electron chi connectivity index (χ4n) is 2.95. The van der Waals surface area contributed by atoms with E-state index in [2.05, 4.69) is 5.32 Å². The maximum atomic E-state index is 12.4. The van der Waals surface area contributed by atoms with Gasteiger partial charge in [0.15, 0.2) is 6.61 Å². The van der Waals surface area contributed by atoms with Crippen LogP contribution in [0.25, 0.3) is 0 Å². The van der Waals surface area contributed by atoms with Crippen molar-refractivity contribution in [2.45, 2.75) is 6.42 Å². The number of esters is 1. The lowest BCUT2D eigenvalue weighted by Gasteiger charge is -2.12. The molecule has 0 aliphatic carbocycles. The van der Waals surface area contributed by atoms with Gasteiger partial charge in [0.05, 0.1) is 16.9 Å². The summed E-state index contributed by atoms with van der Waals surface area (Å²) >= 11 is 0. The number of carbonyl (C=O) groups is 5. The summed E-state index contributed by atoms with van der Waals surface area (Å²) in [5.41, 5.74) is -0.474. The molecule has 0 radical (unpaired) electrons. The maximum Gasteiger partial charge on any atom is 0.326 e. The summed E-state index contributed by atoms with van der Waals surface area (Å²) in [7, 11) is 0. The van der Waals surface area contributed by atoms with Crippen molar-refractivity contribution in [1.29, 1.82) is 0 Å². The number of fused-ring (bicyclic) bond motifs is 1.